The van der Waals surface area contributed by atoms with Gasteiger partial charge in [0, 0.05) is 6.04 Å². The van der Waals surface area contributed by atoms with Crippen molar-refractivity contribution in [2.24, 2.45) is 0 Å². The van der Waals surface area contributed by atoms with E-state index >= 15 is 0 Å². The molecule has 1 fully saturated rings. The number of rotatable bonds is 2. The highest BCUT2D eigenvalue weighted by Crippen LogP contribution is 2.06. The van der Waals surface area contributed by atoms with Gasteiger partial charge in [0.2, 0.25) is 0 Å². The zero-order valence-corrected chi connectivity index (χ0v) is 8.26. The first-order chi connectivity index (χ1) is 6.00. The molecule has 1 saturated heterocycles. The lowest BCUT2D eigenvalue weighted by molar-refractivity contribution is -0.137. The molecule has 1 aliphatic rings. The molecule has 4 nitrogen and oxygen atoms in total. The topological polar surface area (TPSA) is 61.4 Å². The molecule has 0 spiro atoms. The van der Waals surface area contributed by atoms with E-state index in [4.69, 9.17) is 0 Å². The molecule has 1 heterocycles. The van der Waals surface area contributed by atoms with Gasteiger partial charge in [-0.25, -0.2) is 0 Å². The molecule has 13 heavy (non-hydrogen) atoms. The summed E-state index contributed by atoms with van der Waals surface area (Å²) in [6, 6.07) is 0.222. The minimum atomic E-state index is -1.26. The molecule has 0 aliphatic carbocycles. The van der Waals surface area contributed by atoms with Crippen LogP contribution in [0, 0.1) is 0 Å². The van der Waals surface area contributed by atoms with Crippen molar-refractivity contribution < 1.29 is 9.90 Å². The van der Waals surface area contributed by atoms with E-state index in [1.165, 1.54) is 13.8 Å². The van der Waals surface area contributed by atoms with Gasteiger partial charge in [0.05, 0.1) is 0 Å². The molecule has 0 saturated carbocycles. The maximum Gasteiger partial charge on any atom is 0.251 e. The molecule has 0 aromatic heterocycles. The molecule has 0 aromatic carbocycles. The maximum absolute atomic E-state index is 11.4. The first-order valence-corrected chi connectivity index (χ1v) is 4.74. The lowest BCUT2D eigenvalue weighted by Crippen LogP contribution is -2.49. The van der Waals surface area contributed by atoms with Crippen LogP contribution in [-0.4, -0.2) is 35.7 Å². The fraction of sp³-hybridized carbons (Fsp3) is 0.889. The number of carbonyl (C=O) groups is 1. The second kappa shape index (κ2) is 4.07. The SMILES string of the molecule is CC(C)(O)C(=O)NC1CCNCC1. The van der Waals surface area contributed by atoms with Gasteiger partial charge >= 0.3 is 0 Å². The van der Waals surface area contributed by atoms with Gasteiger partial charge in [-0.2, -0.15) is 0 Å². The van der Waals surface area contributed by atoms with Crippen LogP contribution in [0.5, 0.6) is 0 Å². The van der Waals surface area contributed by atoms with Crippen LogP contribution in [0.1, 0.15) is 26.7 Å². The summed E-state index contributed by atoms with van der Waals surface area (Å²) >= 11 is 0. The highest BCUT2D eigenvalue weighted by atomic mass is 16.3. The van der Waals surface area contributed by atoms with Crippen LogP contribution in [0.25, 0.3) is 0 Å². The van der Waals surface area contributed by atoms with E-state index in [0.717, 1.165) is 25.9 Å². The molecule has 1 amide bonds. The Hall–Kier alpha value is -0.610. The predicted octanol–water partition coefficient (Wildman–Crippen LogP) is -0.374. The molecule has 3 N–H and O–H groups in total. The van der Waals surface area contributed by atoms with Crippen molar-refractivity contribution in [3.05, 3.63) is 0 Å². The Morgan fingerprint density at radius 1 is 1.46 bits per heavy atom. The number of amides is 1. The van der Waals surface area contributed by atoms with E-state index in [-0.39, 0.29) is 11.9 Å². The van der Waals surface area contributed by atoms with Crippen LogP contribution in [0.2, 0.25) is 0 Å². The molecule has 1 rings (SSSR count). The molecule has 0 atom stereocenters. The molecule has 0 unspecified atom stereocenters. The van der Waals surface area contributed by atoms with Gasteiger partial charge in [0.1, 0.15) is 5.60 Å². The fourth-order valence-corrected chi connectivity index (χ4v) is 1.33. The second-order valence-electron chi connectivity index (χ2n) is 4.06. The lowest BCUT2D eigenvalue weighted by Gasteiger charge is -2.26. The first-order valence-electron chi connectivity index (χ1n) is 4.74. The molecular formula is C9H18N2O2. The molecule has 4 heteroatoms. The molecule has 0 aromatic rings. The summed E-state index contributed by atoms with van der Waals surface area (Å²) < 4.78 is 0. The molecule has 76 valence electrons. The summed E-state index contributed by atoms with van der Waals surface area (Å²) in [6.07, 6.45) is 1.89. The number of hydrogen-bond donors (Lipinski definition) is 3. The highest BCUT2D eigenvalue weighted by molar-refractivity contribution is 5.84. The average molecular weight is 186 g/mol. The Bertz CT molecular complexity index is 181. The molecule has 0 radical (unpaired) electrons. The third kappa shape index (κ3) is 3.32. The van der Waals surface area contributed by atoms with Gasteiger partial charge < -0.3 is 15.7 Å². The first kappa shape index (κ1) is 10.5. The van der Waals surface area contributed by atoms with E-state index < -0.39 is 5.60 Å². The highest BCUT2D eigenvalue weighted by Gasteiger charge is 2.26. The van der Waals surface area contributed by atoms with Gasteiger partial charge in [0.15, 0.2) is 0 Å². The van der Waals surface area contributed by atoms with E-state index in [0.29, 0.717) is 0 Å². The standard InChI is InChI=1S/C9H18N2O2/c1-9(2,13)8(12)11-7-3-5-10-6-4-7/h7,10,13H,3-6H2,1-2H3,(H,11,12). The smallest absolute Gasteiger partial charge is 0.251 e. The van der Waals surface area contributed by atoms with E-state index in [1.807, 2.05) is 0 Å². The third-order valence-electron chi connectivity index (χ3n) is 2.23. The quantitative estimate of drug-likeness (QED) is 0.551. The van der Waals surface area contributed by atoms with Gasteiger partial charge in [-0.05, 0) is 39.8 Å². The molecular weight excluding hydrogens is 168 g/mol. The summed E-state index contributed by atoms with van der Waals surface area (Å²) in [5.74, 6) is -0.278. The summed E-state index contributed by atoms with van der Waals surface area (Å²) in [7, 11) is 0. The largest absolute Gasteiger partial charge is 0.381 e. The van der Waals surface area contributed by atoms with Crippen molar-refractivity contribution in [1.82, 2.24) is 10.6 Å². The van der Waals surface area contributed by atoms with Crippen molar-refractivity contribution in [3.8, 4) is 0 Å². The normalized spacial score (nSPS) is 19.9. The van der Waals surface area contributed by atoms with Gasteiger partial charge in [-0.3, -0.25) is 4.79 Å². The number of piperidine rings is 1. The zero-order valence-electron chi connectivity index (χ0n) is 8.26. The van der Waals surface area contributed by atoms with Crippen LogP contribution in [0.4, 0.5) is 0 Å². The number of aliphatic hydroxyl groups is 1. The zero-order chi connectivity index (χ0) is 9.90. The van der Waals surface area contributed by atoms with Crippen molar-refractivity contribution in [3.63, 3.8) is 0 Å². The van der Waals surface area contributed by atoms with Crippen LogP contribution in [0.15, 0.2) is 0 Å². The average Bonchev–Trinajstić information content (AvgIpc) is 2.04. The van der Waals surface area contributed by atoms with E-state index in [9.17, 15) is 9.90 Å². The third-order valence-corrected chi connectivity index (χ3v) is 2.23. The summed E-state index contributed by atoms with van der Waals surface area (Å²) in [6.45, 7) is 4.89. The van der Waals surface area contributed by atoms with Crippen LogP contribution in [0.3, 0.4) is 0 Å². The summed E-state index contributed by atoms with van der Waals surface area (Å²) in [5, 5.41) is 15.4. The predicted molar refractivity (Wildman–Crippen MR) is 50.3 cm³/mol. The van der Waals surface area contributed by atoms with Gasteiger partial charge in [-0.15, -0.1) is 0 Å². The maximum atomic E-state index is 11.4. The summed E-state index contributed by atoms with van der Waals surface area (Å²) in [4.78, 5) is 11.4. The van der Waals surface area contributed by atoms with Crippen LogP contribution >= 0.6 is 0 Å². The second-order valence-corrected chi connectivity index (χ2v) is 4.06. The summed E-state index contributed by atoms with van der Waals surface area (Å²) in [5.41, 5.74) is -1.26. The Kier molecular flexibility index (Phi) is 3.27. The van der Waals surface area contributed by atoms with Crippen LogP contribution < -0.4 is 10.6 Å². The number of carbonyl (C=O) groups excluding carboxylic acids is 1. The molecule has 0 bridgehead atoms. The Balaban J connectivity index is 2.35. The van der Waals surface area contributed by atoms with Gasteiger partial charge in [0.25, 0.3) is 5.91 Å². The van der Waals surface area contributed by atoms with Crippen molar-refractivity contribution in [1.29, 1.82) is 0 Å². The minimum Gasteiger partial charge on any atom is -0.381 e. The lowest BCUT2D eigenvalue weighted by atomic mass is 10.0. The van der Waals surface area contributed by atoms with E-state index in [1.54, 1.807) is 0 Å². The Morgan fingerprint density at radius 2 is 2.00 bits per heavy atom. The number of nitrogens with one attached hydrogen (secondary N) is 2. The van der Waals surface area contributed by atoms with Crippen LogP contribution in [-0.2, 0) is 4.79 Å². The molecule has 1 aliphatic heterocycles. The van der Waals surface area contributed by atoms with E-state index in [2.05, 4.69) is 10.6 Å². The van der Waals surface area contributed by atoms with Crippen molar-refractivity contribution in [2.75, 3.05) is 13.1 Å². The van der Waals surface area contributed by atoms with Gasteiger partial charge in [-0.1, -0.05) is 0 Å². The fourth-order valence-electron chi connectivity index (χ4n) is 1.33. The van der Waals surface area contributed by atoms with Crippen molar-refractivity contribution in [2.45, 2.75) is 38.3 Å². The Morgan fingerprint density at radius 3 is 2.46 bits per heavy atom. The number of hydrogen-bond acceptors (Lipinski definition) is 3. The Labute approximate surface area is 78.7 Å². The minimum absolute atomic E-state index is 0.222. The monoisotopic (exact) mass is 186 g/mol. The van der Waals surface area contributed by atoms with Crippen molar-refractivity contribution >= 4 is 5.91 Å².